The summed E-state index contributed by atoms with van der Waals surface area (Å²) in [4.78, 5) is 5.06. The Hall–Kier alpha value is -1.39. The summed E-state index contributed by atoms with van der Waals surface area (Å²) < 4.78 is 2.19. The molecule has 0 amide bonds. The Morgan fingerprint density at radius 3 is 2.72 bits per heavy atom. The largest absolute Gasteiger partial charge is 0.396 e. The molecule has 6 rings (SSSR count). The topological polar surface area (TPSA) is 57.8 Å². The Morgan fingerprint density at radius 2 is 1.91 bits per heavy atom. The third-order valence-electron chi connectivity index (χ3n) is 11.0. The van der Waals surface area contributed by atoms with Crippen LogP contribution in [-0.4, -0.2) is 31.8 Å². The minimum Gasteiger partial charge on any atom is -0.396 e. The van der Waals surface area contributed by atoms with Crippen molar-refractivity contribution < 1.29 is 10.2 Å². The van der Waals surface area contributed by atoms with Crippen LogP contribution in [0.1, 0.15) is 89.7 Å². The second-order valence-corrected chi connectivity index (χ2v) is 12.4. The summed E-state index contributed by atoms with van der Waals surface area (Å²) in [7, 11) is 0. The van der Waals surface area contributed by atoms with E-state index < -0.39 is 5.60 Å². The minimum atomic E-state index is -0.513. The van der Waals surface area contributed by atoms with Crippen molar-refractivity contribution in [2.75, 3.05) is 6.61 Å². The predicted molar refractivity (Wildman–Crippen MR) is 126 cm³/mol. The number of fused-ring (bicyclic) bond motifs is 6. The molecule has 2 N–H and O–H groups in total. The van der Waals surface area contributed by atoms with Crippen LogP contribution in [0.3, 0.4) is 0 Å². The van der Waals surface area contributed by atoms with E-state index in [0.29, 0.717) is 23.9 Å². The zero-order chi connectivity index (χ0) is 22.1. The predicted octanol–water partition coefficient (Wildman–Crippen LogP) is 5.57. The smallest absolute Gasteiger partial charge is 0.136 e. The van der Waals surface area contributed by atoms with Crippen LogP contribution >= 0.6 is 0 Å². The molecule has 0 bridgehead atoms. The molecular formula is C28H40N2O2. The van der Waals surface area contributed by atoms with E-state index in [4.69, 9.17) is 4.98 Å². The van der Waals surface area contributed by atoms with Gasteiger partial charge >= 0.3 is 0 Å². The van der Waals surface area contributed by atoms with Crippen LogP contribution in [0.2, 0.25) is 0 Å². The molecule has 0 aromatic carbocycles. The van der Waals surface area contributed by atoms with Gasteiger partial charge in [-0.1, -0.05) is 13.0 Å². The first-order chi connectivity index (χ1) is 15.4. The Kier molecular flexibility index (Phi) is 4.83. The van der Waals surface area contributed by atoms with Crippen LogP contribution in [0.5, 0.6) is 0 Å². The molecule has 0 aliphatic heterocycles. The molecule has 4 aliphatic carbocycles. The van der Waals surface area contributed by atoms with Gasteiger partial charge in [-0.15, -0.1) is 0 Å². The number of aliphatic hydroxyl groups excluding tert-OH is 1. The van der Waals surface area contributed by atoms with E-state index in [1.807, 2.05) is 6.92 Å². The van der Waals surface area contributed by atoms with Crippen LogP contribution in [0.15, 0.2) is 30.6 Å². The molecule has 0 saturated heterocycles. The molecular weight excluding hydrogens is 396 g/mol. The lowest BCUT2D eigenvalue weighted by Gasteiger charge is -2.63. The van der Waals surface area contributed by atoms with Crippen LogP contribution in [0, 0.1) is 34.5 Å². The lowest BCUT2D eigenvalue weighted by molar-refractivity contribution is -0.158. The molecule has 1 unspecified atom stereocenters. The maximum Gasteiger partial charge on any atom is 0.136 e. The van der Waals surface area contributed by atoms with Crippen molar-refractivity contribution in [3.8, 4) is 0 Å². The molecule has 2 aromatic heterocycles. The van der Waals surface area contributed by atoms with Crippen LogP contribution < -0.4 is 0 Å². The summed E-state index contributed by atoms with van der Waals surface area (Å²) in [6.45, 7) is 4.91. The quantitative estimate of drug-likeness (QED) is 0.661. The average molecular weight is 437 g/mol. The summed E-state index contributed by atoms with van der Waals surface area (Å²) >= 11 is 0. The van der Waals surface area contributed by atoms with Gasteiger partial charge in [0, 0.05) is 24.9 Å². The lowest BCUT2D eigenvalue weighted by atomic mass is 9.42. The average Bonchev–Trinajstić information content (AvgIpc) is 3.34. The third-order valence-corrected chi connectivity index (χ3v) is 11.0. The number of pyridine rings is 1. The van der Waals surface area contributed by atoms with Crippen LogP contribution in [0.25, 0.3) is 5.65 Å². The van der Waals surface area contributed by atoms with E-state index in [-0.39, 0.29) is 5.41 Å². The van der Waals surface area contributed by atoms with Crippen molar-refractivity contribution in [2.45, 2.75) is 89.6 Å². The van der Waals surface area contributed by atoms with Gasteiger partial charge in [-0.05, 0) is 118 Å². The molecule has 8 atom stereocenters. The standard InChI is InChI=1S/C28H40N2O2/c1-26(32)12-13-28(14-16-31)19(17-26)6-7-20-21-8-9-23(27(21,2)11-10-22(20)28)24-18-30-15-4-3-5-25(30)29-24/h3-5,15,18-23,31-32H,6-14,16-17H2,1-2H3/t19-,20?,21+,22+,23-,26-,27+,28-/m1/s1. The highest BCUT2D eigenvalue weighted by molar-refractivity contribution is 5.41. The highest BCUT2D eigenvalue weighted by Gasteiger charge is 2.62. The van der Waals surface area contributed by atoms with E-state index in [0.717, 1.165) is 49.1 Å². The highest BCUT2D eigenvalue weighted by Crippen LogP contribution is 2.70. The van der Waals surface area contributed by atoms with E-state index >= 15 is 0 Å². The van der Waals surface area contributed by atoms with Crippen molar-refractivity contribution >= 4 is 5.65 Å². The second kappa shape index (κ2) is 7.30. The second-order valence-electron chi connectivity index (χ2n) is 12.4. The first kappa shape index (κ1) is 21.2. The Balaban J connectivity index is 1.31. The number of hydrogen-bond donors (Lipinski definition) is 2. The van der Waals surface area contributed by atoms with Crippen molar-refractivity contribution in [1.82, 2.24) is 9.38 Å². The summed E-state index contributed by atoms with van der Waals surface area (Å²) in [5, 5.41) is 20.9. The molecule has 4 heteroatoms. The SMILES string of the molecule is C[C@@]1(O)CC[C@@]2(CCO)[C@H](CCC3[C@@H]4CC[C@H](c5cn6ccccc6n5)[C@@]4(C)CC[C@@H]32)C1. The molecule has 2 heterocycles. The van der Waals surface area contributed by atoms with Gasteiger partial charge in [0.25, 0.3) is 0 Å². The zero-order valence-electron chi connectivity index (χ0n) is 19.8. The fraction of sp³-hybridized carbons (Fsp3) is 0.750. The lowest BCUT2D eigenvalue weighted by Crippen LogP contribution is -2.56. The number of nitrogens with zero attached hydrogens (tertiary/aromatic N) is 2. The normalized spacial score (nSPS) is 45.9. The maximum absolute atomic E-state index is 10.8. The monoisotopic (exact) mass is 436 g/mol. The van der Waals surface area contributed by atoms with Gasteiger partial charge < -0.3 is 14.6 Å². The molecule has 4 nitrogen and oxygen atoms in total. The number of imidazole rings is 1. The van der Waals surface area contributed by atoms with Crippen molar-refractivity contribution in [3.63, 3.8) is 0 Å². The molecule has 0 radical (unpaired) electrons. The molecule has 4 aliphatic rings. The van der Waals surface area contributed by atoms with Gasteiger partial charge in [0.2, 0.25) is 0 Å². The van der Waals surface area contributed by atoms with E-state index in [9.17, 15) is 10.2 Å². The maximum atomic E-state index is 10.8. The third kappa shape index (κ3) is 2.98. The van der Waals surface area contributed by atoms with Crippen molar-refractivity contribution in [3.05, 3.63) is 36.3 Å². The first-order valence-electron chi connectivity index (χ1n) is 13.1. The molecule has 2 aromatic rings. The fourth-order valence-corrected chi connectivity index (χ4v) is 9.55. The van der Waals surface area contributed by atoms with Crippen LogP contribution in [0.4, 0.5) is 0 Å². The Labute approximate surface area is 192 Å². The summed E-state index contributed by atoms with van der Waals surface area (Å²) in [6.07, 6.45) is 16.0. The van der Waals surface area contributed by atoms with Crippen molar-refractivity contribution in [1.29, 1.82) is 0 Å². The van der Waals surface area contributed by atoms with Gasteiger partial charge in [-0.2, -0.15) is 0 Å². The Bertz CT molecular complexity index is 965. The number of hydrogen-bond acceptors (Lipinski definition) is 3. The summed E-state index contributed by atoms with van der Waals surface area (Å²) in [6, 6.07) is 6.29. The van der Waals surface area contributed by atoms with Gasteiger partial charge in [0.1, 0.15) is 5.65 Å². The molecule has 0 spiro atoms. The summed E-state index contributed by atoms with van der Waals surface area (Å²) in [5.74, 6) is 3.42. The molecule has 174 valence electrons. The van der Waals surface area contributed by atoms with E-state index in [2.05, 4.69) is 41.9 Å². The van der Waals surface area contributed by atoms with E-state index in [1.165, 1.54) is 44.2 Å². The first-order valence-corrected chi connectivity index (χ1v) is 13.1. The van der Waals surface area contributed by atoms with Gasteiger partial charge in [-0.25, -0.2) is 4.98 Å². The number of aliphatic hydroxyl groups is 2. The minimum absolute atomic E-state index is 0.252. The molecule has 32 heavy (non-hydrogen) atoms. The van der Waals surface area contributed by atoms with Crippen molar-refractivity contribution in [2.24, 2.45) is 34.5 Å². The van der Waals surface area contributed by atoms with Crippen LogP contribution in [-0.2, 0) is 0 Å². The number of rotatable bonds is 3. The van der Waals surface area contributed by atoms with Gasteiger partial charge in [0.05, 0.1) is 11.3 Å². The van der Waals surface area contributed by atoms with E-state index in [1.54, 1.807) is 0 Å². The number of aromatic nitrogens is 2. The summed E-state index contributed by atoms with van der Waals surface area (Å²) in [5.41, 5.74) is 2.45. The fourth-order valence-electron chi connectivity index (χ4n) is 9.55. The highest BCUT2D eigenvalue weighted by atomic mass is 16.3. The van der Waals surface area contributed by atoms with Gasteiger partial charge in [-0.3, -0.25) is 0 Å². The molecule has 4 saturated carbocycles. The Morgan fingerprint density at radius 1 is 1.03 bits per heavy atom. The molecule has 4 fully saturated rings. The van der Waals surface area contributed by atoms with Gasteiger partial charge in [0.15, 0.2) is 0 Å². The zero-order valence-corrected chi connectivity index (χ0v) is 19.8.